The van der Waals surface area contributed by atoms with E-state index in [2.05, 4.69) is 21.3 Å². The minimum atomic E-state index is 0.228. The molecular formula is C16H22N4O. The van der Waals surface area contributed by atoms with Crippen LogP contribution in [0.3, 0.4) is 0 Å². The number of fused-ring (bicyclic) bond motifs is 1. The highest BCUT2D eigenvalue weighted by molar-refractivity contribution is 5.95. The number of rotatable bonds is 4. The fourth-order valence-corrected chi connectivity index (χ4v) is 4.01. The van der Waals surface area contributed by atoms with Gasteiger partial charge in [-0.1, -0.05) is 0 Å². The van der Waals surface area contributed by atoms with Gasteiger partial charge in [-0.25, -0.2) is 0 Å². The monoisotopic (exact) mass is 286 g/mol. The van der Waals surface area contributed by atoms with Crippen LogP contribution in [0.1, 0.15) is 25.7 Å². The molecule has 1 aromatic heterocycles. The molecule has 3 aliphatic rings. The number of amides is 1. The van der Waals surface area contributed by atoms with Crippen LogP contribution in [0.25, 0.3) is 0 Å². The fourth-order valence-electron chi connectivity index (χ4n) is 4.01. The lowest BCUT2D eigenvalue weighted by atomic mass is 10.1. The van der Waals surface area contributed by atoms with Gasteiger partial charge in [-0.3, -0.25) is 9.78 Å². The van der Waals surface area contributed by atoms with Gasteiger partial charge in [0.05, 0.1) is 23.8 Å². The van der Waals surface area contributed by atoms with E-state index in [1.54, 1.807) is 0 Å². The molecule has 1 amide bonds. The third kappa shape index (κ3) is 2.20. The average molecular weight is 286 g/mol. The van der Waals surface area contributed by atoms with Gasteiger partial charge in [0.25, 0.3) is 0 Å². The molecule has 1 aromatic rings. The second kappa shape index (κ2) is 4.98. The number of nitrogens with one attached hydrogen (secondary N) is 1. The second-order valence-electron chi connectivity index (χ2n) is 6.47. The molecule has 3 unspecified atom stereocenters. The van der Waals surface area contributed by atoms with E-state index in [-0.39, 0.29) is 5.91 Å². The van der Waals surface area contributed by atoms with Crippen LogP contribution in [-0.2, 0) is 4.79 Å². The topological polar surface area (TPSA) is 48.5 Å². The number of piperidine rings is 1. The number of pyridine rings is 1. The molecule has 1 N–H and O–H groups in total. The summed E-state index contributed by atoms with van der Waals surface area (Å²) in [5.74, 6) is 1.09. The zero-order chi connectivity index (χ0) is 14.4. The number of aromatic nitrogens is 1. The van der Waals surface area contributed by atoms with E-state index >= 15 is 0 Å². The highest BCUT2D eigenvalue weighted by Gasteiger charge is 2.51. The Hall–Kier alpha value is -1.62. The quantitative estimate of drug-likeness (QED) is 0.909. The summed E-state index contributed by atoms with van der Waals surface area (Å²) in [6, 6.07) is 3.40. The van der Waals surface area contributed by atoms with Crippen molar-refractivity contribution in [2.75, 3.05) is 29.9 Å². The molecule has 5 heteroatoms. The minimum absolute atomic E-state index is 0.228. The Balaban J connectivity index is 1.61. The number of nitrogens with zero attached hydrogens (tertiary/aromatic N) is 3. The van der Waals surface area contributed by atoms with Crippen LogP contribution < -0.4 is 15.1 Å². The Labute approximate surface area is 125 Å². The van der Waals surface area contributed by atoms with E-state index < -0.39 is 0 Å². The Bertz CT molecular complexity index is 561. The molecule has 5 nitrogen and oxygen atoms in total. The molecule has 3 heterocycles. The minimum Gasteiger partial charge on any atom is -0.363 e. The first kappa shape index (κ1) is 13.1. The number of carbonyl (C=O) groups excluding carboxylic acids is 1. The molecule has 0 radical (unpaired) electrons. The smallest absolute Gasteiger partial charge is 0.227 e. The van der Waals surface area contributed by atoms with Crippen LogP contribution in [0.2, 0.25) is 0 Å². The Morgan fingerprint density at radius 3 is 2.95 bits per heavy atom. The Kier molecular flexibility index (Phi) is 3.10. The van der Waals surface area contributed by atoms with Gasteiger partial charge < -0.3 is 15.1 Å². The van der Waals surface area contributed by atoms with E-state index in [4.69, 9.17) is 0 Å². The van der Waals surface area contributed by atoms with E-state index in [1.807, 2.05) is 24.3 Å². The molecule has 2 aliphatic heterocycles. The molecule has 1 saturated carbocycles. The van der Waals surface area contributed by atoms with E-state index in [1.165, 1.54) is 18.5 Å². The summed E-state index contributed by atoms with van der Waals surface area (Å²) in [7, 11) is 2.01. The zero-order valence-electron chi connectivity index (χ0n) is 12.5. The van der Waals surface area contributed by atoms with Gasteiger partial charge in [-0.05, 0) is 38.3 Å². The Morgan fingerprint density at radius 1 is 1.33 bits per heavy atom. The highest BCUT2D eigenvalue weighted by atomic mass is 16.2. The van der Waals surface area contributed by atoms with Gasteiger partial charge in [-0.15, -0.1) is 0 Å². The van der Waals surface area contributed by atoms with Crippen LogP contribution in [0.5, 0.6) is 0 Å². The standard InChI is InChI=1S/C16H22N4O/c1-17-8-13-5-11-6-15(11)20(13)14-7-12(9-18-10-14)19-4-2-3-16(19)21/h7,9-11,13,15,17H,2-6,8H2,1H3. The summed E-state index contributed by atoms with van der Waals surface area (Å²) >= 11 is 0. The summed E-state index contributed by atoms with van der Waals surface area (Å²) in [4.78, 5) is 20.7. The molecule has 0 spiro atoms. The predicted octanol–water partition coefficient (Wildman–Crippen LogP) is 1.39. The van der Waals surface area contributed by atoms with Crippen molar-refractivity contribution in [3.05, 3.63) is 18.5 Å². The SMILES string of the molecule is CNCC1CC2CC2N1c1cncc(N2CCCC2=O)c1. The number of anilines is 2. The van der Waals surface area contributed by atoms with Crippen molar-refractivity contribution in [1.29, 1.82) is 0 Å². The maximum Gasteiger partial charge on any atom is 0.227 e. The summed E-state index contributed by atoms with van der Waals surface area (Å²) in [6.07, 6.45) is 7.99. The first-order valence-electron chi connectivity index (χ1n) is 7.96. The fraction of sp³-hybridized carbons (Fsp3) is 0.625. The molecule has 4 rings (SSSR count). The highest BCUT2D eigenvalue weighted by Crippen LogP contribution is 2.49. The molecule has 3 fully saturated rings. The van der Waals surface area contributed by atoms with Crippen LogP contribution in [-0.4, -0.2) is 43.1 Å². The lowest BCUT2D eigenvalue weighted by Gasteiger charge is -2.30. The molecule has 0 bridgehead atoms. The number of carbonyl (C=O) groups is 1. The first-order valence-corrected chi connectivity index (χ1v) is 7.96. The van der Waals surface area contributed by atoms with Crippen molar-refractivity contribution in [3.63, 3.8) is 0 Å². The summed E-state index contributed by atoms with van der Waals surface area (Å²) in [6.45, 7) is 1.84. The number of hydrogen-bond donors (Lipinski definition) is 1. The molecule has 0 aromatic carbocycles. The molecule has 2 saturated heterocycles. The third-order valence-corrected chi connectivity index (χ3v) is 5.04. The van der Waals surface area contributed by atoms with Gasteiger partial charge in [0.2, 0.25) is 5.91 Å². The van der Waals surface area contributed by atoms with Crippen molar-refractivity contribution in [1.82, 2.24) is 10.3 Å². The van der Waals surface area contributed by atoms with Crippen LogP contribution >= 0.6 is 0 Å². The van der Waals surface area contributed by atoms with Crippen molar-refractivity contribution < 1.29 is 4.79 Å². The Morgan fingerprint density at radius 2 is 2.19 bits per heavy atom. The van der Waals surface area contributed by atoms with Gasteiger partial charge in [0, 0.05) is 31.6 Å². The molecular weight excluding hydrogens is 264 g/mol. The van der Waals surface area contributed by atoms with E-state index in [0.717, 1.165) is 31.1 Å². The lowest BCUT2D eigenvalue weighted by molar-refractivity contribution is -0.117. The molecule has 112 valence electrons. The molecule has 3 atom stereocenters. The average Bonchev–Trinajstić information content (AvgIpc) is 2.94. The first-order chi connectivity index (χ1) is 10.3. The third-order valence-electron chi connectivity index (χ3n) is 5.04. The summed E-state index contributed by atoms with van der Waals surface area (Å²) < 4.78 is 0. The van der Waals surface area contributed by atoms with Crippen molar-refractivity contribution in [2.24, 2.45) is 5.92 Å². The van der Waals surface area contributed by atoms with E-state index in [0.29, 0.717) is 18.5 Å². The van der Waals surface area contributed by atoms with E-state index in [9.17, 15) is 4.79 Å². The van der Waals surface area contributed by atoms with Crippen LogP contribution in [0, 0.1) is 5.92 Å². The molecule has 21 heavy (non-hydrogen) atoms. The number of hydrogen-bond acceptors (Lipinski definition) is 4. The maximum atomic E-state index is 11.9. The maximum absolute atomic E-state index is 11.9. The van der Waals surface area contributed by atoms with Crippen molar-refractivity contribution >= 4 is 17.3 Å². The van der Waals surface area contributed by atoms with Gasteiger partial charge >= 0.3 is 0 Å². The number of likely N-dealkylation sites (N-methyl/N-ethyl adjacent to an activating group) is 1. The van der Waals surface area contributed by atoms with Gasteiger partial charge in [0.15, 0.2) is 0 Å². The molecule has 1 aliphatic carbocycles. The zero-order valence-corrected chi connectivity index (χ0v) is 12.5. The normalized spacial score (nSPS) is 30.9. The van der Waals surface area contributed by atoms with Crippen molar-refractivity contribution in [2.45, 2.75) is 37.8 Å². The second-order valence-corrected chi connectivity index (χ2v) is 6.47. The van der Waals surface area contributed by atoms with Gasteiger partial charge in [-0.2, -0.15) is 0 Å². The summed E-state index contributed by atoms with van der Waals surface area (Å²) in [5.41, 5.74) is 2.14. The van der Waals surface area contributed by atoms with Gasteiger partial charge in [0.1, 0.15) is 0 Å². The van der Waals surface area contributed by atoms with Crippen molar-refractivity contribution in [3.8, 4) is 0 Å². The summed E-state index contributed by atoms with van der Waals surface area (Å²) in [5, 5.41) is 3.30. The van der Waals surface area contributed by atoms with Crippen LogP contribution in [0.4, 0.5) is 11.4 Å². The predicted molar refractivity (Wildman–Crippen MR) is 82.5 cm³/mol. The largest absolute Gasteiger partial charge is 0.363 e. The van der Waals surface area contributed by atoms with Crippen LogP contribution in [0.15, 0.2) is 18.5 Å². The lowest BCUT2D eigenvalue weighted by Crippen LogP contribution is -2.39.